The van der Waals surface area contributed by atoms with Gasteiger partial charge in [0.1, 0.15) is 11.5 Å². The number of carbonyl (C=O) groups is 1. The molecule has 5 heteroatoms. The molecule has 0 bridgehead atoms. The Morgan fingerprint density at radius 1 is 1.10 bits per heavy atom. The summed E-state index contributed by atoms with van der Waals surface area (Å²) in [6, 6.07) is 7.30. The Hall–Kier alpha value is -2.43. The molecule has 0 aliphatic carbocycles. The molecule has 0 atom stereocenters. The minimum absolute atomic E-state index is 0.396. The van der Waals surface area contributed by atoms with Crippen LogP contribution in [0.1, 0.15) is 27.6 Å². The van der Waals surface area contributed by atoms with E-state index in [0.717, 1.165) is 17.5 Å². The number of rotatable bonds is 5. The predicted molar refractivity (Wildman–Crippen MR) is 74.5 cm³/mol. The number of hydrogen-bond donors (Lipinski definition) is 0. The molecule has 2 rings (SSSR count). The van der Waals surface area contributed by atoms with Gasteiger partial charge in [-0.05, 0) is 30.7 Å². The molecule has 20 heavy (non-hydrogen) atoms. The molecular weight excluding hydrogens is 256 g/mol. The Kier molecular flexibility index (Phi) is 4.30. The minimum atomic E-state index is 0.396. The third kappa shape index (κ3) is 3.12. The smallest absolute Gasteiger partial charge is 0.168 e. The Morgan fingerprint density at radius 3 is 2.50 bits per heavy atom. The molecular formula is C15H16N2O3. The van der Waals surface area contributed by atoms with Crippen LogP contribution in [0, 0.1) is 6.92 Å². The topological polar surface area (TPSA) is 61.3 Å². The number of aryl methyl sites for hydroxylation is 1. The summed E-state index contributed by atoms with van der Waals surface area (Å²) in [4.78, 5) is 19.3. The van der Waals surface area contributed by atoms with Gasteiger partial charge in [0.25, 0.3) is 0 Å². The van der Waals surface area contributed by atoms with Crippen molar-refractivity contribution in [1.82, 2.24) is 9.97 Å². The van der Waals surface area contributed by atoms with Crippen LogP contribution in [0.2, 0.25) is 0 Å². The molecule has 1 aromatic carbocycles. The highest BCUT2D eigenvalue weighted by molar-refractivity contribution is 5.71. The molecule has 104 valence electrons. The minimum Gasteiger partial charge on any atom is -0.493 e. The van der Waals surface area contributed by atoms with Gasteiger partial charge in [-0.3, -0.25) is 4.79 Å². The van der Waals surface area contributed by atoms with Crippen molar-refractivity contribution in [2.45, 2.75) is 13.3 Å². The second-order valence-corrected chi connectivity index (χ2v) is 4.33. The van der Waals surface area contributed by atoms with Gasteiger partial charge in [0.2, 0.25) is 0 Å². The van der Waals surface area contributed by atoms with Crippen molar-refractivity contribution in [2.24, 2.45) is 0 Å². The highest BCUT2D eigenvalue weighted by Crippen LogP contribution is 2.28. The van der Waals surface area contributed by atoms with Gasteiger partial charge in [-0.25, -0.2) is 9.97 Å². The molecule has 0 fully saturated rings. The molecule has 0 unspecified atom stereocenters. The summed E-state index contributed by atoms with van der Waals surface area (Å²) < 4.78 is 10.5. The second-order valence-electron chi connectivity index (χ2n) is 4.33. The van der Waals surface area contributed by atoms with Gasteiger partial charge in [-0.1, -0.05) is 6.07 Å². The lowest BCUT2D eigenvalue weighted by molar-refractivity contribution is 0.111. The number of nitrogens with zero attached hydrogens (tertiary/aromatic N) is 2. The van der Waals surface area contributed by atoms with Crippen molar-refractivity contribution in [2.75, 3.05) is 14.2 Å². The zero-order valence-corrected chi connectivity index (χ0v) is 11.7. The maximum atomic E-state index is 10.8. The first-order valence-electron chi connectivity index (χ1n) is 6.17. The van der Waals surface area contributed by atoms with E-state index in [2.05, 4.69) is 9.97 Å². The largest absolute Gasteiger partial charge is 0.493 e. The predicted octanol–water partition coefficient (Wildman–Crippen LogP) is 2.21. The number of aldehydes is 1. The lowest BCUT2D eigenvalue weighted by atomic mass is 10.1. The summed E-state index contributed by atoms with van der Waals surface area (Å²) in [6.07, 6.45) is 1.26. The van der Waals surface area contributed by atoms with Crippen LogP contribution in [0.25, 0.3) is 0 Å². The van der Waals surface area contributed by atoms with Crippen LogP contribution >= 0.6 is 0 Å². The molecule has 0 saturated heterocycles. The van der Waals surface area contributed by atoms with Crippen LogP contribution in [0.5, 0.6) is 11.5 Å². The van der Waals surface area contributed by atoms with Crippen molar-refractivity contribution in [3.05, 3.63) is 47.0 Å². The Balaban J connectivity index is 2.30. The van der Waals surface area contributed by atoms with Gasteiger partial charge in [0.15, 0.2) is 17.8 Å². The first kappa shape index (κ1) is 14.0. The Bertz CT molecular complexity index is 627. The zero-order valence-electron chi connectivity index (χ0n) is 11.7. The number of aromatic nitrogens is 2. The van der Waals surface area contributed by atoms with E-state index in [1.165, 1.54) is 0 Å². The maximum Gasteiger partial charge on any atom is 0.168 e. The fourth-order valence-electron chi connectivity index (χ4n) is 1.97. The normalized spacial score (nSPS) is 10.2. The first-order chi connectivity index (χ1) is 9.66. The van der Waals surface area contributed by atoms with Gasteiger partial charge in [0, 0.05) is 12.1 Å². The summed E-state index contributed by atoms with van der Waals surface area (Å²) in [5, 5.41) is 0. The number of benzene rings is 1. The molecule has 5 nitrogen and oxygen atoms in total. The number of methoxy groups -OCH3 is 2. The van der Waals surface area contributed by atoms with Crippen molar-refractivity contribution < 1.29 is 14.3 Å². The van der Waals surface area contributed by atoms with Crippen molar-refractivity contribution in [1.29, 1.82) is 0 Å². The SMILES string of the molecule is COc1ccc(Cc2nc(C)cc(C=O)n2)cc1OC. The van der Waals surface area contributed by atoms with Crippen LogP contribution in [0.15, 0.2) is 24.3 Å². The molecule has 1 heterocycles. The highest BCUT2D eigenvalue weighted by atomic mass is 16.5. The molecule has 0 radical (unpaired) electrons. The lowest BCUT2D eigenvalue weighted by Gasteiger charge is -2.09. The standard InChI is InChI=1S/C15H16N2O3/c1-10-6-12(9-18)17-15(16-10)8-11-4-5-13(19-2)14(7-11)20-3/h4-7,9H,8H2,1-3H3. The number of carbonyl (C=O) groups excluding carboxylic acids is 1. The van der Waals surface area contributed by atoms with E-state index in [4.69, 9.17) is 9.47 Å². The molecule has 0 N–H and O–H groups in total. The fraction of sp³-hybridized carbons (Fsp3) is 0.267. The Labute approximate surface area is 117 Å². The van der Waals surface area contributed by atoms with Crippen molar-refractivity contribution in [3.8, 4) is 11.5 Å². The van der Waals surface area contributed by atoms with E-state index < -0.39 is 0 Å². The van der Waals surface area contributed by atoms with E-state index >= 15 is 0 Å². The van der Waals surface area contributed by atoms with E-state index in [1.807, 2.05) is 25.1 Å². The van der Waals surface area contributed by atoms with Crippen molar-refractivity contribution >= 4 is 6.29 Å². The summed E-state index contributed by atoms with van der Waals surface area (Å²) in [5.74, 6) is 1.95. The first-order valence-corrected chi connectivity index (χ1v) is 6.17. The average molecular weight is 272 g/mol. The van der Waals surface area contributed by atoms with Gasteiger partial charge >= 0.3 is 0 Å². The Morgan fingerprint density at radius 2 is 1.85 bits per heavy atom. The summed E-state index contributed by atoms with van der Waals surface area (Å²) in [5.41, 5.74) is 2.16. The van der Waals surface area contributed by atoms with Crippen LogP contribution < -0.4 is 9.47 Å². The number of ether oxygens (including phenoxy) is 2. The average Bonchev–Trinajstić information content (AvgIpc) is 2.46. The maximum absolute atomic E-state index is 10.8. The van der Waals surface area contributed by atoms with Crippen LogP contribution in [-0.4, -0.2) is 30.5 Å². The third-order valence-corrected chi connectivity index (χ3v) is 2.85. The van der Waals surface area contributed by atoms with Gasteiger partial charge < -0.3 is 9.47 Å². The van der Waals surface area contributed by atoms with E-state index in [0.29, 0.717) is 29.4 Å². The summed E-state index contributed by atoms with van der Waals surface area (Å²) in [7, 11) is 3.19. The van der Waals surface area contributed by atoms with Gasteiger partial charge in [-0.15, -0.1) is 0 Å². The monoisotopic (exact) mass is 272 g/mol. The lowest BCUT2D eigenvalue weighted by Crippen LogP contribution is -2.02. The summed E-state index contributed by atoms with van der Waals surface area (Å²) in [6.45, 7) is 1.84. The molecule has 0 aliphatic rings. The van der Waals surface area contributed by atoms with E-state index in [1.54, 1.807) is 20.3 Å². The molecule has 1 aromatic heterocycles. The summed E-state index contributed by atoms with van der Waals surface area (Å²) >= 11 is 0. The molecule has 0 aliphatic heterocycles. The van der Waals surface area contributed by atoms with Crippen molar-refractivity contribution in [3.63, 3.8) is 0 Å². The second kappa shape index (κ2) is 6.14. The van der Waals surface area contributed by atoms with Crippen LogP contribution in [0.4, 0.5) is 0 Å². The molecule has 2 aromatic rings. The van der Waals surface area contributed by atoms with Crippen LogP contribution in [-0.2, 0) is 6.42 Å². The molecule has 0 saturated carbocycles. The molecule has 0 spiro atoms. The van der Waals surface area contributed by atoms with E-state index in [-0.39, 0.29) is 0 Å². The van der Waals surface area contributed by atoms with Gasteiger partial charge in [0.05, 0.1) is 14.2 Å². The highest BCUT2D eigenvalue weighted by Gasteiger charge is 2.07. The van der Waals surface area contributed by atoms with E-state index in [9.17, 15) is 4.79 Å². The quantitative estimate of drug-likeness (QED) is 0.781. The fourth-order valence-corrected chi connectivity index (χ4v) is 1.97. The molecule has 0 amide bonds. The van der Waals surface area contributed by atoms with Crippen LogP contribution in [0.3, 0.4) is 0 Å². The number of hydrogen-bond acceptors (Lipinski definition) is 5. The third-order valence-electron chi connectivity index (χ3n) is 2.85. The zero-order chi connectivity index (χ0) is 14.5. The van der Waals surface area contributed by atoms with Gasteiger partial charge in [-0.2, -0.15) is 0 Å².